The van der Waals surface area contributed by atoms with Crippen LogP contribution in [0, 0.1) is 6.92 Å². The fourth-order valence-electron chi connectivity index (χ4n) is 2.13. The Morgan fingerprint density at radius 2 is 2.27 bits per heavy atom. The summed E-state index contributed by atoms with van der Waals surface area (Å²) in [6.07, 6.45) is 1.16. The molecule has 82 valence electrons. The molecule has 1 unspecified atom stereocenters. The highest BCUT2D eigenvalue weighted by atomic mass is 35.5. The number of hydrogen-bond acceptors (Lipinski definition) is 2. The molecule has 1 saturated heterocycles. The van der Waals surface area contributed by atoms with Crippen LogP contribution in [-0.4, -0.2) is 20.2 Å². The van der Waals surface area contributed by atoms with Gasteiger partial charge in [-0.25, -0.2) is 0 Å². The van der Waals surface area contributed by atoms with E-state index in [-0.39, 0.29) is 0 Å². The lowest BCUT2D eigenvalue weighted by Gasteiger charge is -2.15. The molecule has 1 N–H and O–H groups in total. The van der Waals surface area contributed by atoms with Crippen molar-refractivity contribution in [1.29, 1.82) is 0 Å². The maximum absolute atomic E-state index is 6.31. The van der Waals surface area contributed by atoms with E-state index in [1.165, 1.54) is 11.1 Å². The lowest BCUT2D eigenvalue weighted by molar-refractivity contribution is 0.414. The number of nitrogens with one attached hydrogen (secondary N) is 1. The van der Waals surface area contributed by atoms with Gasteiger partial charge in [0.25, 0.3) is 0 Å². The third kappa shape index (κ3) is 2.11. The van der Waals surface area contributed by atoms with Crippen LogP contribution < -0.4 is 10.1 Å². The largest absolute Gasteiger partial charge is 0.495 e. The van der Waals surface area contributed by atoms with E-state index < -0.39 is 0 Å². The quantitative estimate of drug-likeness (QED) is 0.836. The zero-order chi connectivity index (χ0) is 10.8. The number of benzene rings is 1. The van der Waals surface area contributed by atoms with Crippen LogP contribution in [0.25, 0.3) is 0 Å². The van der Waals surface area contributed by atoms with Crippen LogP contribution in [0.2, 0.25) is 5.02 Å². The van der Waals surface area contributed by atoms with Crippen molar-refractivity contribution in [3.8, 4) is 5.75 Å². The van der Waals surface area contributed by atoms with Crippen molar-refractivity contribution in [2.75, 3.05) is 20.2 Å². The van der Waals surface area contributed by atoms with Crippen LogP contribution in [0.4, 0.5) is 0 Å². The first-order valence-electron chi connectivity index (χ1n) is 5.27. The van der Waals surface area contributed by atoms with Gasteiger partial charge in [0.2, 0.25) is 0 Å². The van der Waals surface area contributed by atoms with Gasteiger partial charge >= 0.3 is 0 Å². The van der Waals surface area contributed by atoms with Crippen LogP contribution in [-0.2, 0) is 0 Å². The topological polar surface area (TPSA) is 21.3 Å². The van der Waals surface area contributed by atoms with Crippen molar-refractivity contribution in [2.45, 2.75) is 19.3 Å². The third-order valence-corrected chi connectivity index (χ3v) is 3.34. The lowest BCUT2D eigenvalue weighted by Crippen LogP contribution is -2.08. The maximum Gasteiger partial charge on any atom is 0.138 e. The summed E-state index contributed by atoms with van der Waals surface area (Å²) in [5, 5.41) is 4.13. The second-order valence-electron chi connectivity index (χ2n) is 4.06. The molecule has 0 amide bonds. The van der Waals surface area contributed by atoms with Gasteiger partial charge in [0, 0.05) is 6.54 Å². The SMILES string of the molecule is COc1cc(C)cc(C2CCNC2)c1Cl. The number of rotatable bonds is 2. The molecule has 0 spiro atoms. The number of halogens is 1. The Morgan fingerprint density at radius 3 is 2.87 bits per heavy atom. The highest BCUT2D eigenvalue weighted by Gasteiger charge is 2.21. The Morgan fingerprint density at radius 1 is 1.47 bits per heavy atom. The molecule has 1 atom stereocenters. The van der Waals surface area contributed by atoms with Gasteiger partial charge in [0.15, 0.2) is 0 Å². The second kappa shape index (κ2) is 4.42. The number of methoxy groups -OCH3 is 1. The Balaban J connectivity index is 2.40. The molecule has 2 nitrogen and oxygen atoms in total. The van der Waals surface area contributed by atoms with E-state index in [1.54, 1.807) is 7.11 Å². The van der Waals surface area contributed by atoms with Gasteiger partial charge < -0.3 is 10.1 Å². The standard InChI is InChI=1S/C12H16ClNO/c1-8-5-10(9-3-4-14-7-9)12(13)11(6-8)15-2/h5-6,9,14H,3-4,7H2,1-2H3. The monoisotopic (exact) mass is 225 g/mol. The molecule has 0 saturated carbocycles. The molecule has 1 aliphatic rings. The molecule has 3 heteroatoms. The van der Waals surface area contributed by atoms with E-state index in [0.29, 0.717) is 5.92 Å². The van der Waals surface area contributed by atoms with Crippen LogP contribution in [0.5, 0.6) is 5.75 Å². The molecule has 1 aromatic rings. The predicted molar refractivity (Wildman–Crippen MR) is 63.0 cm³/mol. The zero-order valence-electron chi connectivity index (χ0n) is 9.14. The van der Waals surface area contributed by atoms with Gasteiger partial charge in [-0.15, -0.1) is 0 Å². The molecule has 0 aromatic heterocycles. The molecule has 1 heterocycles. The summed E-state index contributed by atoms with van der Waals surface area (Å²) in [6, 6.07) is 4.15. The molecule has 1 fully saturated rings. The van der Waals surface area contributed by atoms with Gasteiger partial charge in [-0.3, -0.25) is 0 Å². The minimum absolute atomic E-state index is 0.534. The summed E-state index contributed by atoms with van der Waals surface area (Å²) < 4.78 is 5.27. The molecule has 2 rings (SSSR count). The van der Waals surface area contributed by atoms with Gasteiger partial charge in [0.05, 0.1) is 12.1 Å². The normalized spacial score (nSPS) is 20.6. The third-order valence-electron chi connectivity index (χ3n) is 2.93. The first-order valence-corrected chi connectivity index (χ1v) is 5.65. The van der Waals surface area contributed by atoms with Crippen molar-refractivity contribution in [3.05, 3.63) is 28.3 Å². The zero-order valence-corrected chi connectivity index (χ0v) is 9.90. The first-order chi connectivity index (χ1) is 7.22. The van der Waals surface area contributed by atoms with Crippen molar-refractivity contribution >= 4 is 11.6 Å². The van der Waals surface area contributed by atoms with Crippen molar-refractivity contribution < 1.29 is 4.74 Å². The minimum atomic E-state index is 0.534. The Bertz CT molecular complexity index is 359. The average Bonchev–Trinajstić information content (AvgIpc) is 2.74. The molecule has 1 aliphatic heterocycles. The van der Waals surface area contributed by atoms with Gasteiger partial charge in [-0.1, -0.05) is 17.7 Å². The molecule has 0 aliphatic carbocycles. The Kier molecular flexibility index (Phi) is 3.17. The summed E-state index contributed by atoms with van der Waals surface area (Å²) >= 11 is 6.31. The second-order valence-corrected chi connectivity index (χ2v) is 4.44. The predicted octanol–water partition coefficient (Wildman–Crippen LogP) is 2.73. The van der Waals surface area contributed by atoms with E-state index in [4.69, 9.17) is 16.3 Å². The van der Waals surface area contributed by atoms with Crippen molar-refractivity contribution in [1.82, 2.24) is 5.32 Å². The van der Waals surface area contributed by atoms with Crippen molar-refractivity contribution in [3.63, 3.8) is 0 Å². The Labute approximate surface area is 95.6 Å². The number of aryl methyl sites for hydroxylation is 1. The minimum Gasteiger partial charge on any atom is -0.495 e. The summed E-state index contributed by atoms with van der Waals surface area (Å²) in [4.78, 5) is 0. The highest BCUT2D eigenvalue weighted by Crippen LogP contribution is 2.36. The van der Waals surface area contributed by atoms with E-state index in [1.807, 2.05) is 6.07 Å². The fraction of sp³-hybridized carbons (Fsp3) is 0.500. The molecular formula is C12H16ClNO. The van der Waals surface area contributed by atoms with Gasteiger partial charge in [0.1, 0.15) is 5.75 Å². The first kappa shape index (κ1) is 10.8. The molecular weight excluding hydrogens is 210 g/mol. The summed E-state index contributed by atoms with van der Waals surface area (Å²) in [6.45, 7) is 4.17. The fourth-order valence-corrected chi connectivity index (χ4v) is 2.47. The summed E-state index contributed by atoms with van der Waals surface area (Å²) in [5.74, 6) is 1.32. The molecule has 0 bridgehead atoms. The van der Waals surface area contributed by atoms with Gasteiger partial charge in [-0.2, -0.15) is 0 Å². The van der Waals surface area contributed by atoms with E-state index in [9.17, 15) is 0 Å². The summed E-state index contributed by atoms with van der Waals surface area (Å²) in [5.41, 5.74) is 2.43. The Hall–Kier alpha value is -0.730. The van der Waals surface area contributed by atoms with Crippen LogP contribution in [0.3, 0.4) is 0 Å². The van der Waals surface area contributed by atoms with Crippen LogP contribution in [0.1, 0.15) is 23.5 Å². The molecule has 1 aromatic carbocycles. The van der Waals surface area contributed by atoms with E-state index >= 15 is 0 Å². The average molecular weight is 226 g/mol. The highest BCUT2D eigenvalue weighted by molar-refractivity contribution is 6.33. The van der Waals surface area contributed by atoms with Gasteiger partial charge in [-0.05, 0) is 43.0 Å². The number of hydrogen-bond donors (Lipinski definition) is 1. The number of ether oxygens (including phenoxy) is 1. The smallest absolute Gasteiger partial charge is 0.138 e. The maximum atomic E-state index is 6.31. The van der Waals surface area contributed by atoms with E-state index in [0.717, 1.165) is 30.3 Å². The van der Waals surface area contributed by atoms with E-state index in [2.05, 4.69) is 18.3 Å². The molecule has 0 radical (unpaired) electrons. The summed E-state index contributed by atoms with van der Waals surface area (Å²) in [7, 11) is 1.66. The van der Waals surface area contributed by atoms with Crippen molar-refractivity contribution in [2.24, 2.45) is 0 Å². The van der Waals surface area contributed by atoms with Crippen LogP contribution in [0.15, 0.2) is 12.1 Å². The lowest BCUT2D eigenvalue weighted by atomic mass is 9.96. The molecule has 15 heavy (non-hydrogen) atoms. The van der Waals surface area contributed by atoms with Crippen LogP contribution >= 0.6 is 11.6 Å².